The molecule has 2 aliphatic rings. The molecule has 5 rings (SSSR count). The zero-order valence-electron chi connectivity index (χ0n) is 20.8. The van der Waals surface area contributed by atoms with E-state index in [2.05, 4.69) is 26.0 Å². The Morgan fingerprint density at radius 1 is 0.778 bits per heavy atom. The van der Waals surface area contributed by atoms with Crippen molar-refractivity contribution in [2.75, 3.05) is 16.3 Å². The molecule has 3 aromatic rings. The largest absolute Gasteiger partial charge is 0.308 e. The molecule has 2 aliphatic heterocycles. The maximum absolute atomic E-state index is 14.0. The van der Waals surface area contributed by atoms with E-state index < -0.39 is 0 Å². The first kappa shape index (κ1) is 24.1. The van der Waals surface area contributed by atoms with Gasteiger partial charge in [0.25, 0.3) is 11.8 Å². The van der Waals surface area contributed by atoms with Crippen molar-refractivity contribution in [3.63, 3.8) is 0 Å². The highest BCUT2D eigenvalue weighted by Crippen LogP contribution is 2.46. The predicted molar refractivity (Wildman–Crippen MR) is 150 cm³/mol. The molecule has 0 aliphatic carbocycles. The summed E-state index contributed by atoms with van der Waals surface area (Å²) in [5.41, 5.74) is 6.08. The van der Waals surface area contributed by atoms with Crippen molar-refractivity contribution >= 4 is 51.4 Å². The minimum atomic E-state index is -0.218. The van der Waals surface area contributed by atoms with Gasteiger partial charge in [-0.2, -0.15) is 0 Å². The molecule has 0 bridgehead atoms. The number of amidine groups is 1. The van der Waals surface area contributed by atoms with Crippen molar-refractivity contribution in [2.45, 2.75) is 40.0 Å². The number of hydrogen-bond donors (Lipinski definition) is 0. The van der Waals surface area contributed by atoms with Gasteiger partial charge in [-0.1, -0.05) is 63.2 Å². The van der Waals surface area contributed by atoms with Crippen LogP contribution < -0.4 is 9.80 Å². The van der Waals surface area contributed by atoms with E-state index in [0.29, 0.717) is 22.2 Å². The van der Waals surface area contributed by atoms with Crippen LogP contribution in [0.2, 0.25) is 0 Å². The first-order valence-electron chi connectivity index (χ1n) is 12.5. The Morgan fingerprint density at radius 3 is 2.06 bits per heavy atom. The van der Waals surface area contributed by atoms with E-state index in [1.807, 2.05) is 67.6 Å². The summed E-state index contributed by atoms with van der Waals surface area (Å²) in [6.07, 6.45) is 2.70. The number of thioether (sulfide) groups is 1. The number of amides is 2. The zero-order valence-corrected chi connectivity index (χ0v) is 21.6. The number of hydrogen-bond acceptors (Lipinski definition) is 4. The van der Waals surface area contributed by atoms with Gasteiger partial charge in [0.2, 0.25) is 0 Å². The highest BCUT2D eigenvalue weighted by Gasteiger charge is 2.43. The molecule has 182 valence electrons. The van der Waals surface area contributed by atoms with Crippen molar-refractivity contribution in [3.8, 4) is 0 Å². The van der Waals surface area contributed by atoms with Gasteiger partial charge in [0, 0.05) is 12.1 Å². The van der Waals surface area contributed by atoms with Crippen LogP contribution in [0.15, 0.2) is 82.7 Å². The number of anilines is 2. The zero-order chi connectivity index (χ0) is 25.2. The van der Waals surface area contributed by atoms with E-state index in [0.717, 1.165) is 41.9 Å². The van der Waals surface area contributed by atoms with Crippen LogP contribution in [-0.2, 0) is 22.4 Å². The van der Waals surface area contributed by atoms with E-state index in [4.69, 9.17) is 4.99 Å². The number of carbonyl (C=O) groups excluding carboxylic acids is 2. The molecule has 2 amide bonds. The first-order chi connectivity index (χ1) is 17.5. The summed E-state index contributed by atoms with van der Waals surface area (Å²) in [6.45, 7) is 6.88. The number of fused-ring (bicyclic) bond motifs is 1. The van der Waals surface area contributed by atoms with Crippen molar-refractivity contribution < 1.29 is 9.59 Å². The summed E-state index contributed by atoms with van der Waals surface area (Å²) < 4.78 is 0. The Hall–Kier alpha value is -3.64. The summed E-state index contributed by atoms with van der Waals surface area (Å²) in [4.78, 5) is 36.3. The fourth-order valence-corrected chi connectivity index (χ4v) is 5.66. The lowest BCUT2D eigenvalue weighted by Crippen LogP contribution is -2.30. The molecule has 3 aromatic carbocycles. The normalized spacial score (nSPS) is 18.5. The molecule has 36 heavy (non-hydrogen) atoms. The molecular weight excluding hydrogens is 466 g/mol. The van der Waals surface area contributed by atoms with Crippen molar-refractivity contribution in [1.29, 1.82) is 0 Å². The minimum absolute atomic E-state index is 0.122. The van der Waals surface area contributed by atoms with Gasteiger partial charge in [-0.15, -0.1) is 0 Å². The Balaban J connectivity index is 1.64. The van der Waals surface area contributed by atoms with E-state index >= 15 is 0 Å². The Morgan fingerprint density at radius 2 is 1.42 bits per heavy atom. The lowest BCUT2D eigenvalue weighted by Gasteiger charge is -2.16. The van der Waals surface area contributed by atoms with Gasteiger partial charge in [0.15, 0.2) is 5.17 Å². The molecule has 0 spiro atoms. The van der Waals surface area contributed by atoms with Gasteiger partial charge >= 0.3 is 0 Å². The van der Waals surface area contributed by atoms with Gasteiger partial charge in [-0.05, 0) is 72.5 Å². The average molecular weight is 496 g/mol. The van der Waals surface area contributed by atoms with Crippen LogP contribution in [0.5, 0.6) is 0 Å². The van der Waals surface area contributed by atoms with Crippen LogP contribution in [0.3, 0.4) is 0 Å². The molecule has 6 heteroatoms. The number of carbonyl (C=O) groups is 2. The van der Waals surface area contributed by atoms with Crippen molar-refractivity contribution in [2.24, 2.45) is 4.99 Å². The second kappa shape index (κ2) is 10.2. The number of nitrogens with zero attached hydrogens (tertiary/aromatic N) is 3. The maximum Gasteiger partial charge on any atom is 0.272 e. The second-order valence-electron chi connectivity index (χ2n) is 8.86. The van der Waals surface area contributed by atoms with Crippen molar-refractivity contribution in [3.05, 3.63) is 94.4 Å². The van der Waals surface area contributed by atoms with Crippen molar-refractivity contribution in [1.82, 2.24) is 0 Å². The van der Waals surface area contributed by atoms with E-state index in [1.165, 1.54) is 22.9 Å². The average Bonchev–Trinajstić information content (AvgIpc) is 3.37. The highest BCUT2D eigenvalue weighted by molar-refractivity contribution is 8.19. The molecule has 0 radical (unpaired) electrons. The lowest BCUT2D eigenvalue weighted by molar-refractivity contribution is -0.115. The predicted octanol–water partition coefficient (Wildman–Crippen LogP) is 6.75. The summed E-state index contributed by atoms with van der Waals surface area (Å²) in [6, 6.07) is 23.7. The molecule has 0 N–H and O–H groups in total. The standard InChI is InChI=1S/C30H29N3O2S/c1-4-19-32-25-10-8-7-9-24(25)26(28(32)34)27-29(35)33(23-17-13-21(6-3)14-18-23)30(36-27)31-22-15-11-20(5-2)12-16-22/h7-18H,4-6,19H2,1-3H3. The minimum Gasteiger partial charge on any atom is -0.308 e. The van der Waals surface area contributed by atoms with Gasteiger partial charge in [0.1, 0.15) is 0 Å². The third-order valence-corrected chi connectivity index (χ3v) is 7.59. The third kappa shape index (κ3) is 4.26. The third-order valence-electron chi connectivity index (χ3n) is 6.55. The van der Waals surface area contributed by atoms with Crippen LogP contribution in [-0.4, -0.2) is 23.5 Å². The summed E-state index contributed by atoms with van der Waals surface area (Å²) in [7, 11) is 0. The van der Waals surface area contributed by atoms with Crippen LogP contribution in [0, 0.1) is 0 Å². The Bertz CT molecular complexity index is 1370. The summed E-state index contributed by atoms with van der Waals surface area (Å²) >= 11 is 1.28. The number of para-hydroxylation sites is 1. The van der Waals surface area contributed by atoms with Crippen LogP contribution in [0.4, 0.5) is 17.1 Å². The summed E-state index contributed by atoms with van der Waals surface area (Å²) in [5, 5.41) is 0.551. The monoisotopic (exact) mass is 495 g/mol. The highest BCUT2D eigenvalue weighted by atomic mass is 32.2. The smallest absolute Gasteiger partial charge is 0.272 e. The fraction of sp³-hybridized carbons (Fsp3) is 0.233. The molecule has 0 unspecified atom stereocenters. The van der Waals surface area contributed by atoms with Crippen LogP contribution in [0.25, 0.3) is 5.57 Å². The van der Waals surface area contributed by atoms with E-state index in [9.17, 15) is 9.59 Å². The van der Waals surface area contributed by atoms with Crippen LogP contribution >= 0.6 is 11.8 Å². The van der Waals surface area contributed by atoms with Crippen LogP contribution in [0.1, 0.15) is 43.9 Å². The summed E-state index contributed by atoms with van der Waals surface area (Å²) in [5.74, 6) is -0.339. The molecule has 0 saturated carbocycles. The van der Waals surface area contributed by atoms with E-state index in [1.54, 1.807) is 9.80 Å². The number of aliphatic imine (C=N–C) groups is 1. The van der Waals surface area contributed by atoms with Gasteiger partial charge in [-0.25, -0.2) is 4.99 Å². The Kier molecular flexibility index (Phi) is 6.79. The molecule has 2 heterocycles. The molecular formula is C30H29N3O2S. The second-order valence-corrected chi connectivity index (χ2v) is 9.83. The number of benzene rings is 3. The maximum atomic E-state index is 14.0. The Labute approximate surface area is 216 Å². The quantitative estimate of drug-likeness (QED) is 0.356. The first-order valence-corrected chi connectivity index (χ1v) is 13.3. The van der Waals surface area contributed by atoms with Gasteiger partial charge in [0.05, 0.1) is 27.5 Å². The molecule has 0 atom stereocenters. The van der Waals surface area contributed by atoms with Gasteiger partial charge < -0.3 is 4.90 Å². The molecule has 1 fully saturated rings. The van der Waals surface area contributed by atoms with Gasteiger partial charge in [-0.3, -0.25) is 14.5 Å². The lowest BCUT2D eigenvalue weighted by atomic mass is 10.1. The number of aryl methyl sites for hydroxylation is 2. The fourth-order valence-electron chi connectivity index (χ4n) is 4.57. The van der Waals surface area contributed by atoms with E-state index in [-0.39, 0.29) is 11.8 Å². The molecule has 1 saturated heterocycles. The number of rotatable bonds is 6. The topological polar surface area (TPSA) is 53.0 Å². The SMILES string of the molecule is CCCN1C(=O)C(=C2SC(=Nc3ccc(CC)cc3)N(c3ccc(CC)cc3)C2=O)c2ccccc21. The molecule has 5 nitrogen and oxygen atoms in total. The molecule has 0 aromatic heterocycles.